The Morgan fingerprint density at radius 1 is 1.16 bits per heavy atom. The van der Waals surface area contributed by atoms with Gasteiger partial charge < -0.3 is 10.3 Å². The Morgan fingerprint density at radius 2 is 2.04 bits per heavy atom. The first-order valence-electron chi connectivity index (χ1n) is 8.55. The second-order valence-corrected chi connectivity index (χ2v) is 5.64. The van der Waals surface area contributed by atoms with Crippen LogP contribution in [0.1, 0.15) is 32.6 Å². The Morgan fingerprint density at radius 3 is 2.84 bits per heavy atom. The van der Waals surface area contributed by atoms with E-state index < -0.39 is 0 Å². The molecule has 0 aliphatic heterocycles. The van der Waals surface area contributed by atoms with Crippen LogP contribution in [0.5, 0.6) is 0 Å². The highest BCUT2D eigenvalue weighted by molar-refractivity contribution is 6.08. The van der Waals surface area contributed by atoms with E-state index in [-0.39, 0.29) is 0 Å². The summed E-state index contributed by atoms with van der Waals surface area (Å²) >= 11 is 0. The SMILES string of the molecule is CCCCCC#C/C(=N/c1nc2ccccc2[nH]1)Nc1ccccn1. The molecular formula is C20H21N5. The van der Waals surface area contributed by atoms with Crippen LogP contribution in [-0.2, 0) is 0 Å². The number of H-pyrrole nitrogens is 1. The number of hydrogen-bond acceptors (Lipinski definition) is 3. The van der Waals surface area contributed by atoms with E-state index >= 15 is 0 Å². The summed E-state index contributed by atoms with van der Waals surface area (Å²) in [6.45, 7) is 2.19. The van der Waals surface area contributed by atoms with E-state index in [1.54, 1.807) is 6.20 Å². The lowest BCUT2D eigenvalue weighted by atomic mass is 10.2. The van der Waals surface area contributed by atoms with E-state index in [1.807, 2.05) is 42.5 Å². The Bertz CT molecular complexity index is 867. The molecule has 25 heavy (non-hydrogen) atoms. The molecule has 0 aliphatic carbocycles. The molecule has 0 atom stereocenters. The molecule has 0 amide bonds. The molecule has 0 radical (unpaired) electrons. The Labute approximate surface area is 147 Å². The molecule has 2 N–H and O–H groups in total. The zero-order chi connectivity index (χ0) is 17.3. The number of amidine groups is 1. The Balaban J connectivity index is 1.83. The molecule has 0 saturated heterocycles. The first-order chi connectivity index (χ1) is 12.3. The van der Waals surface area contributed by atoms with E-state index in [0.717, 1.165) is 23.9 Å². The number of benzene rings is 1. The van der Waals surface area contributed by atoms with Crippen LogP contribution in [0.25, 0.3) is 11.0 Å². The van der Waals surface area contributed by atoms with Crippen LogP contribution in [0.15, 0.2) is 53.7 Å². The molecule has 0 spiro atoms. The molecule has 3 aromatic rings. The number of pyridine rings is 1. The summed E-state index contributed by atoms with van der Waals surface area (Å²) in [7, 11) is 0. The molecule has 1 aromatic carbocycles. The van der Waals surface area contributed by atoms with Crippen molar-refractivity contribution in [3.8, 4) is 11.8 Å². The molecule has 0 fully saturated rings. The summed E-state index contributed by atoms with van der Waals surface area (Å²) in [5.74, 6) is 8.07. The van der Waals surface area contributed by atoms with Crippen LogP contribution in [-0.4, -0.2) is 20.8 Å². The zero-order valence-corrected chi connectivity index (χ0v) is 14.3. The van der Waals surface area contributed by atoms with E-state index in [9.17, 15) is 0 Å². The number of rotatable bonds is 5. The fraction of sp³-hybridized carbons (Fsp3) is 0.250. The van der Waals surface area contributed by atoms with Crippen molar-refractivity contribution in [1.82, 2.24) is 15.0 Å². The number of aromatic nitrogens is 3. The smallest absolute Gasteiger partial charge is 0.230 e. The Hall–Kier alpha value is -3.13. The third-order valence-electron chi connectivity index (χ3n) is 3.62. The minimum atomic E-state index is 0.530. The topological polar surface area (TPSA) is 66.0 Å². The van der Waals surface area contributed by atoms with Gasteiger partial charge in [-0.25, -0.2) is 9.97 Å². The molecule has 2 aromatic heterocycles. The normalized spacial score (nSPS) is 11.2. The molecule has 126 valence electrons. The van der Waals surface area contributed by atoms with Crippen LogP contribution in [0.2, 0.25) is 0 Å². The summed E-state index contributed by atoms with van der Waals surface area (Å²) in [5.41, 5.74) is 1.84. The van der Waals surface area contributed by atoms with Crippen molar-refractivity contribution in [3.63, 3.8) is 0 Å². The van der Waals surface area contributed by atoms with Crippen LogP contribution in [0.4, 0.5) is 11.8 Å². The maximum absolute atomic E-state index is 4.53. The third-order valence-corrected chi connectivity index (χ3v) is 3.62. The molecule has 0 aliphatic rings. The molecule has 0 unspecified atom stereocenters. The predicted molar refractivity (Wildman–Crippen MR) is 103 cm³/mol. The molecule has 2 heterocycles. The van der Waals surface area contributed by atoms with Crippen molar-refractivity contribution in [2.75, 3.05) is 5.32 Å². The van der Waals surface area contributed by atoms with Gasteiger partial charge in [-0.05, 0) is 36.6 Å². The van der Waals surface area contributed by atoms with Crippen molar-refractivity contribution in [2.24, 2.45) is 4.99 Å². The van der Waals surface area contributed by atoms with Crippen LogP contribution >= 0.6 is 0 Å². The molecule has 3 rings (SSSR count). The fourth-order valence-electron chi connectivity index (χ4n) is 2.35. The molecule has 0 bridgehead atoms. The maximum atomic E-state index is 4.53. The van der Waals surface area contributed by atoms with Gasteiger partial charge >= 0.3 is 0 Å². The van der Waals surface area contributed by atoms with E-state index in [1.165, 1.54) is 12.8 Å². The van der Waals surface area contributed by atoms with Crippen molar-refractivity contribution >= 4 is 28.6 Å². The zero-order valence-electron chi connectivity index (χ0n) is 14.3. The van der Waals surface area contributed by atoms with Gasteiger partial charge in [0.2, 0.25) is 5.95 Å². The highest BCUT2D eigenvalue weighted by atomic mass is 15.1. The van der Waals surface area contributed by atoms with Crippen LogP contribution < -0.4 is 5.32 Å². The Kier molecular flexibility index (Phi) is 5.78. The maximum Gasteiger partial charge on any atom is 0.230 e. The second-order valence-electron chi connectivity index (χ2n) is 5.64. The summed E-state index contributed by atoms with van der Waals surface area (Å²) in [4.78, 5) is 16.5. The van der Waals surface area contributed by atoms with Crippen LogP contribution in [0.3, 0.4) is 0 Å². The van der Waals surface area contributed by atoms with Gasteiger partial charge in [0, 0.05) is 12.6 Å². The van der Waals surface area contributed by atoms with Crippen molar-refractivity contribution in [1.29, 1.82) is 0 Å². The number of hydrogen-bond donors (Lipinski definition) is 2. The summed E-state index contributed by atoms with van der Waals surface area (Å²) in [5, 5.41) is 3.17. The quantitative estimate of drug-likeness (QED) is 0.309. The first-order valence-corrected chi connectivity index (χ1v) is 8.55. The molecule has 0 saturated carbocycles. The largest absolute Gasteiger partial charge is 0.322 e. The summed E-state index contributed by atoms with van der Waals surface area (Å²) in [6.07, 6.45) is 6.07. The van der Waals surface area contributed by atoms with Gasteiger partial charge in [0.05, 0.1) is 11.0 Å². The summed E-state index contributed by atoms with van der Waals surface area (Å²) in [6, 6.07) is 13.5. The third kappa shape index (κ3) is 4.92. The average Bonchev–Trinajstić information content (AvgIpc) is 3.04. The lowest BCUT2D eigenvalue weighted by molar-refractivity contribution is 0.737. The highest BCUT2D eigenvalue weighted by Gasteiger charge is 2.03. The predicted octanol–water partition coefficient (Wildman–Crippen LogP) is 4.68. The van der Waals surface area contributed by atoms with Gasteiger partial charge in [-0.15, -0.1) is 0 Å². The average molecular weight is 331 g/mol. The van der Waals surface area contributed by atoms with Gasteiger partial charge in [0.25, 0.3) is 0 Å². The lowest BCUT2D eigenvalue weighted by Gasteiger charge is -2.02. The number of unbranched alkanes of at least 4 members (excludes halogenated alkanes) is 3. The van der Waals surface area contributed by atoms with E-state index in [2.05, 4.69) is 44.0 Å². The number of fused-ring (bicyclic) bond motifs is 1. The molecule has 5 heteroatoms. The number of aromatic amines is 1. The van der Waals surface area contributed by atoms with Crippen molar-refractivity contribution < 1.29 is 0 Å². The van der Waals surface area contributed by atoms with Gasteiger partial charge in [-0.3, -0.25) is 0 Å². The van der Waals surface area contributed by atoms with Gasteiger partial charge in [0.1, 0.15) is 5.82 Å². The number of para-hydroxylation sites is 2. The minimum Gasteiger partial charge on any atom is -0.322 e. The van der Waals surface area contributed by atoms with Crippen molar-refractivity contribution in [3.05, 3.63) is 48.7 Å². The van der Waals surface area contributed by atoms with Gasteiger partial charge in [-0.2, -0.15) is 4.99 Å². The monoisotopic (exact) mass is 331 g/mol. The van der Waals surface area contributed by atoms with E-state index in [0.29, 0.717) is 17.6 Å². The number of nitrogens with zero attached hydrogens (tertiary/aromatic N) is 3. The number of aliphatic imine (C=N–C) groups is 1. The van der Waals surface area contributed by atoms with Crippen LogP contribution in [0, 0.1) is 11.8 Å². The minimum absolute atomic E-state index is 0.530. The van der Waals surface area contributed by atoms with Crippen molar-refractivity contribution in [2.45, 2.75) is 32.6 Å². The summed E-state index contributed by atoms with van der Waals surface area (Å²) < 4.78 is 0. The number of nitrogens with one attached hydrogen (secondary N) is 2. The molecular weight excluding hydrogens is 310 g/mol. The molecule has 5 nitrogen and oxygen atoms in total. The first kappa shape index (κ1) is 16.7. The van der Waals surface area contributed by atoms with Gasteiger partial charge in [-0.1, -0.05) is 43.9 Å². The number of imidazole rings is 1. The highest BCUT2D eigenvalue weighted by Crippen LogP contribution is 2.16. The fourth-order valence-corrected chi connectivity index (χ4v) is 2.35. The standard InChI is InChI=1S/C20H21N5/c1-2-3-4-5-6-14-19(24-18-13-9-10-15-21-18)25-20-22-16-11-7-8-12-17(16)23-20/h7-13,15H,2-5H2,1H3,(H2,21,22,23,24,25). The second kappa shape index (κ2) is 8.65. The number of anilines is 1. The lowest BCUT2D eigenvalue weighted by Crippen LogP contribution is -2.10. The van der Waals surface area contributed by atoms with Gasteiger partial charge in [0.15, 0.2) is 5.84 Å². The van der Waals surface area contributed by atoms with E-state index in [4.69, 9.17) is 0 Å².